The van der Waals surface area contributed by atoms with Crippen molar-refractivity contribution >= 4 is 17.4 Å². The third-order valence-electron chi connectivity index (χ3n) is 3.63. The van der Waals surface area contributed by atoms with Crippen molar-refractivity contribution in [2.24, 2.45) is 11.8 Å². The van der Waals surface area contributed by atoms with E-state index in [1.165, 1.54) is 38.4 Å². The van der Waals surface area contributed by atoms with E-state index in [0.29, 0.717) is 5.15 Å². The molecule has 0 spiro atoms. The van der Waals surface area contributed by atoms with E-state index in [-0.39, 0.29) is 0 Å². The van der Waals surface area contributed by atoms with Gasteiger partial charge in [0.1, 0.15) is 17.3 Å². The summed E-state index contributed by atoms with van der Waals surface area (Å²) in [5.41, 5.74) is 0. The molecule has 0 radical (unpaired) electrons. The summed E-state index contributed by atoms with van der Waals surface area (Å²) in [7, 11) is 0. The highest BCUT2D eigenvalue weighted by Gasteiger charge is 2.17. The maximum Gasteiger partial charge on any atom is 0.134 e. The average molecular weight is 254 g/mol. The predicted molar refractivity (Wildman–Crippen MR) is 71.3 cm³/mol. The van der Waals surface area contributed by atoms with Gasteiger partial charge in [-0.15, -0.1) is 0 Å². The quantitative estimate of drug-likeness (QED) is 0.831. The number of halogens is 1. The molecule has 1 heterocycles. The van der Waals surface area contributed by atoms with Crippen LogP contribution in [0, 0.1) is 11.8 Å². The van der Waals surface area contributed by atoms with E-state index in [0.717, 1.165) is 24.2 Å². The molecule has 1 aromatic heterocycles. The molecule has 17 heavy (non-hydrogen) atoms. The smallest absolute Gasteiger partial charge is 0.134 e. The number of nitrogens with one attached hydrogen (secondary N) is 1. The van der Waals surface area contributed by atoms with Crippen LogP contribution in [0.1, 0.15) is 39.0 Å². The Morgan fingerprint density at radius 1 is 1.29 bits per heavy atom. The summed E-state index contributed by atoms with van der Waals surface area (Å²) in [6.45, 7) is 3.34. The van der Waals surface area contributed by atoms with E-state index in [1.54, 1.807) is 6.07 Å². The van der Waals surface area contributed by atoms with Crippen LogP contribution in [-0.2, 0) is 0 Å². The monoisotopic (exact) mass is 253 g/mol. The first kappa shape index (κ1) is 12.6. The molecule has 0 unspecified atom stereocenters. The third-order valence-corrected chi connectivity index (χ3v) is 3.83. The Balaban J connectivity index is 1.69. The van der Waals surface area contributed by atoms with Crippen LogP contribution < -0.4 is 5.32 Å². The Bertz CT molecular complexity index is 348. The summed E-state index contributed by atoms with van der Waals surface area (Å²) >= 11 is 5.80. The molecule has 0 saturated heterocycles. The Morgan fingerprint density at radius 2 is 2.06 bits per heavy atom. The highest BCUT2D eigenvalue weighted by atomic mass is 35.5. The van der Waals surface area contributed by atoms with Gasteiger partial charge in [-0.3, -0.25) is 0 Å². The van der Waals surface area contributed by atoms with Crippen LogP contribution in [0.25, 0.3) is 0 Å². The summed E-state index contributed by atoms with van der Waals surface area (Å²) in [6, 6.07) is 1.77. The lowest BCUT2D eigenvalue weighted by atomic mass is 9.81. The summed E-state index contributed by atoms with van der Waals surface area (Å²) < 4.78 is 0. The van der Waals surface area contributed by atoms with E-state index < -0.39 is 0 Å². The molecule has 1 fully saturated rings. The second-order valence-electron chi connectivity index (χ2n) is 5.07. The second-order valence-corrected chi connectivity index (χ2v) is 5.45. The average Bonchev–Trinajstić information content (AvgIpc) is 2.32. The van der Waals surface area contributed by atoms with Gasteiger partial charge in [-0.2, -0.15) is 0 Å². The van der Waals surface area contributed by atoms with Crippen LogP contribution in [0.5, 0.6) is 0 Å². The molecule has 0 bridgehead atoms. The molecule has 2 rings (SSSR count). The van der Waals surface area contributed by atoms with Crippen LogP contribution in [0.15, 0.2) is 12.4 Å². The Hall–Kier alpha value is -0.830. The van der Waals surface area contributed by atoms with Gasteiger partial charge in [0, 0.05) is 12.6 Å². The normalized spacial score (nSPS) is 24.6. The zero-order chi connectivity index (χ0) is 12.1. The van der Waals surface area contributed by atoms with Crippen LogP contribution in [0.3, 0.4) is 0 Å². The first-order valence-corrected chi connectivity index (χ1v) is 6.83. The summed E-state index contributed by atoms with van der Waals surface area (Å²) in [4.78, 5) is 7.99. The maximum absolute atomic E-state index is 5.80. The van der Waals surface area contributed by atoms with Crippen molar-refractivity contribution in [3.05, 3.63) is 17.5 Å². The molecule has 1 aliphatic rings. The van der Waals surface area contributed by atoms with Crippen LogP contribution in [0.4, 0.5) is 5.82 Å². The van der Waals surface area contributed by atoms with Gasteiger partial charge in [0.05, 0.1) is 0 Å². The molecule has 1 aliphatic carbocycles. The van der Waals surface area contributed by atoms with Crippen molar-refractivity contribution in [2.75, 3.05) is 11.9 Å². The van der Waals surface area contributed by atoms with Gasteiger partial charge in [0.2, 0.25) is 0 Å². The van der Waals surface area contributed by atoms with Crippen molar-refractivity contribution in [3.63, 3.8) is 0 Å². The predicted octanol–water partition coefficient (Wildman–Crippen LogP) is 3.76. The number of nitrogens with zero attached hydrogens (tertiary/aromatic N) is 2. The lowest BCUT2D eigenvalue weighted by molar-refractivity contribution is 0.282. The van der Waals surface area contributed by atoms with Gasteiger partial charge in [-0.25, -0.2) is 9.97 Å². The van der Waals surface area contributed by atoms with Crippen molar-refractivity contribution in [2.45, 2.75) is 39.0 Å². The van der Waals surface area contributed by atoms with Gasteiger partial charge in [0.25, 0.3) is 0 Å². The first-order valence-electron chi connectivity index (χ1n) is 6.45. The van der Waals surface area contributed by atoms with E-state index >= 15 is 0 Å². The Labute approximate surface area is 108 Å². The number of hydrogen-bond donors (Lipinski definition) is 1. The number of aromatic nitrogens is 2. The second kappa shape index (κ2) is 6.20. The van der Waals surface area contributed by atoms with Crippen LogP contribution >= 0.6 is 11.6 Å². The van der Waals surface area contributed by atoms with Crippen molar-refractivity contribution in [1.29, 1.82) is 0 Å². The fourth-order valence-corrected chi connectivity index (χ4v) is 2.60. The highest BCUT2D eigenvalue weighted by molar-refractivity contribution is 6.29. The minimum absolute atomic E-state index is 0.494. The van der Waals surface area contributed by atoms with E-state index in [4.69, 9.17) is 11.6 Å². The molecule has 4 heteroatoms. The zero-order valence-electron chi connectivity index (χ0n) is 10.3. The number of anilines is 1. The highest BCUT2D eigenvalue weighted by Crippen LogP contribution is 2.30. The SMILES string of the molecule is CC1CCC(CCNc2cc(Cl)ncn2)CC1. The Morgan fingerprint density at radius 3 is 2.76 bits per heavy atom. The summed E-state index contributed by atoms with van der Waals surface area (Å²) in [6.07, 6.45) is 8.27. The van der Waals surface area contributed by atoms with Gasteiger partial charge in [-0.05, 0) is 18.3 Å². The fraction of sp³-hybridized carbons (Fsp3) is 0.692. The van der Waals surface area contributed by atoms with Crippen LogP contribution in [0.2, 0.25) is 5.15 Å². The molecular formula is C13H20ClN3. The summed E-state index contributed by atoms with van der Waals surface area (Å²) in [5.74, 6) is 2.64. The van der Waals surface area contributed by atoms with E-state index in [2.05, 4.69) is 22.2 Å². The maximum atomic E-state index is 5.80. The van der Waals surface area contributed by atoms with Gasteiger partial charge < -0.3 is 5.32 Å². The van der Waals surface area contributed by atoms with E-state index in [9.17, 15) is 0 Å². The molecule has 0 atom stereocenters. The third kappa shape index (κ3) is 4.15. The molecule has 1 N–H and O–H groups in total. The minimum atomic E-state index is 0.494. The molecule has 1 saturated carbocycles. The molecule has 1 aromatic rings. The minimum Gasteiger partial charge on any atom is -0.370 e. The molecule has 0 aromatic carbocycles. The van der Waals surface area contributed by atoms with Gasteiger partial charge >= 0.3 is 0 Å². The first-order chi connectivity index (χ1) is 8.24. The summed E-state index contributed by atoms with van der Waals surface area (Å²) in [5, 5.41) is 3.80. The lowest BCUT2D eigenvalue weighted by Gasteiger charge is -2.26. The zero-order valence-corrected chi connectivity index (χ0v) is 11.1. The molecule has 3 nitrogen and oxygen atoms in total. The van der Waals surface area contributed by atoms with E-state index in [1.807, 2.05) is 0 Å². The number of hydrogen-bond acceptors (Lipinski definition) is 3. The van der Waals surface area contributed by atoms with Crippen molar-refractivity contribution in [3.8, 4) is 0 Å². The molecule has 0 amide bonds. The lowest BCUT2D eigenvalue weighted by Crippen LogP contribution is -2.16. The molecule has 0 aliphatic heterocycles. The topological polar surface area (TPSA) is 37.8 Å². The van der Waals surface area contributed by atoms with Crippen LogP contribution in [-0.4, -0.2) is 16.5 Å². The fourth-order valence-electron chi connectivity index (χ4n) is 2.45. The molecule has 94 valence electrons. The van der Waals surface area contributed by atoms with Crippen molar-refractivity contribution < 1.29 is 0 Å². The molecular weight excluding hydrogens is 234 g/mol. The largest absolute Gasteiger partial charge is 0.370 e. The standard InChI is InChI=1S/C13H20ClN3/c1-10-2-4-11(5-3-10)6-7-15-13-8-12(14)16-9-17-13/h8-11H,2-7H2,1H3,(H,15,16,17). The van der Waals surface area contributed by atoms with Gasteiger partial charge in [0.15, 0.2) is 0 Å². The number of rotatable bonds is 4. The Kier molecular flexibility index (Phi) is 4.60. The van der Waals surface area contributed by atoms with Gasteiger partial charge in [-0.1, -0.05) is 44.2 Å². The van der Waals surface area contributed by atoms with Crippen molar-refractivity contribution in [1.82, 2.24) is 9.97 Å².